The summed E-state index contributed by atoms with van der Waals surface area (Å²) < 4.78 is 14.7. The molecule has 13 heavy (non-hydrogen) atoms. The zero-order chi connectivity index (χ0) is 10.3. The minimum Gasteiger partial charge on any atom is -0.465 e. The molecule has 78 valence electrons. The third-order valence-corrected chi connectivity index (χ3v) is 1.60. The van der Waals surface area contributed by atoms with Crippen molar-refractivity contribution in [2.45, 2.75) is 33.0 Å². The van der Waals surface area contributed by atoms with Crippen molar-refractivity contribution in [3.8, 4) is 0 Å². The van der Waals surface area contributed by atoms with Gasteiger partial charge in [0.15, 0.2) is 0 Å². The first-order valence-electron chi connectivity index (χ1n) is 4.55. The van der Waals surface area contributed by atoms with Crippen LogP contribution in [0.3, 0.4) is 0 Å². The highest BCUT2D eigenvalue weighted by Gasteiger charge is 2.38. The SMILES string of the molecule is CC.COC(=O)C1(C)OCCCO1. The fourth-order valence-electron chi connectivity index (χ4n) is 0.938. The largest absolute Gasteiger partial charge is 0.465 e. The van der Waals surface area contributed by atoms with E-state index in [1.807, 2.05) is 13.8 Å². The van der Waals surface area contributed by atoms with Crippen LogP contribution < -0.4 is 0 Å². The summed E-state index contributed by atoms with van der Waals surface area (Å²) in [6, 6.07) is 0. The first-order chi connectivity index (χ1) is 6.19. The number of carbonyl (C=O) groups excluding carboxylic acids is 1. The van der Waals surface area contributed by atoms with Crippen LogP contribution in [0.2, 0.25) is 0 Å². The van der Waals surface area contributed by atoms with E-state index in [4.69, 9.17) is 9.47 Å². The summed E-state index contributed by atoms with van der Waals surface area (Å²) in [6.45, 7) is 6.66. The van der Waals surface area contributed by atoms with Gasteiger partial charge in [0.05, 0.1) is 20.3 Å². The predicted octanol–water partition coefficient (Wildman–Crippen LogP) is 1.34. The molecule has 1 aliphatic heterocycles. The van der Waals surface area contributed by atoms with E-state index in [-0.39, 0.29) is 0 Å². The van der Waals surface area contributed by atoms with Crippen LogP contribution in [0.5, 0.6) is 0 Å². The van der Waals surface area contributed by atoms with Gasteiger partial charge in [-0.3, -0.25) is 0 Å². The molecule has 1 aliphatic rings. The molecule has 0 spiro atoms. The maximum atomic E-state index is 11.0. The van der Waals surface area contributed by atoms with Gasteiger partial charge >= 0.3 is 5.97 Å². The average Bonchev–Trinajstić information content (AvgIpc) is 2.21. The third kappa shape index (κ3) is 3.32. The highest BCUT2D eigenvalue weighted by Crippen LogP contribution is 2.19. The van der Waals surface area contributed by atoms with E-state index in [1.165, 1.54) is 7.11 Å². The van der Waals surface area contributed by atoms with Crippen molar-refractivity contribution >= 4 is 5.97 Å². The van der Waals surface area contributed by atoms with E-state index in [1.54, 1.807) is 6.92 Å². The van der Waals surface area contributed by atoms with Gasteiger partial charge in [-0.15, -0.1) is 0 Å². The van der Waals surface area contributed by atoms with Crippen molar-refractivity contribution in [3.05, 3.63) is 0 Å². The topological polar surface area (TPSA) is 44.8 Å². The van der Waals surface area contributed by atoms with E-state index < -0.39 is 11.8 Å². The van der Waals surface area contributed by atoms with E-state index in [2.05, 4.69) is 4.74 Å². The van der Waals surface area contributed by atoms with Crippen LogP contribution in [0.1, 0.15) is 27.2 Å². The Bertz CT molecular complexity index is 150. The molecule has 0 aromatic heterocycles. The first kappa shape index (κ1) is 12.4. The predicted molar refractivity (Wildman–Crippen MR) is 48.3 cm³/mol. The van der Waals surface area contributed by atoms with Gasteiger partial charge < -0.3 is 14.2 Å². The van der Waals surface area contributed by atoms with Gasteiger partial charge in [-0.05, 0) is 6.42 Å². The summed E-state index contributed by atoms with van der Waals surface area (Å²) >= 11 is 0. The Kier molecular flexibility index (Phi) is 5.66. The van der Waals surface area contributed by atoms with Crippen LogP contribution in [-0.2, 0) is 19.0 Å². The van der Waals surface area contributed by atoms with Crippen molar-refractivity contribution in [2.24, 2.45) is 0 Å². The summed E-state index contributed by atoms with van der Waals surface area (Å²) in [6.07, 6.45) is 0.826. The molecule has 1 rings (SSSR count). The van der Waals surface area contributed by atoms with Gasteiger partial charge in [-0.2, -0.15) is 0 Å². The summed E-state index contributed by atoms with van der Waals surface area (Å²) in [5.74, 6) is -1.65. The van der Waals surface area contributed by atoms with Crippen molar-refractivity contribution in [1.82, 2.24) is 0 Å². The van der Waals surface area contributed by atoms with Gasteiger partial charge in [0.2, 0.25) is 0 Å². The molecule has 0 bridgehead atoms. The Morgan fingerprint density at radius 1 is 1.31 bits per heavy atom. The molecule has 1 saturated heterocycles. The van der Waals surface area contributed by atoms with Crippen LogP contribution in [0.15, 0.2) is 0 Å². The molecule has 0 atom stereocenters. The summed E-state index contributed by atoms with van der Waals surface area (Å²) in [5, 5.41) is 0. The quantitative estimate of drug-likeness (QED) is 0.585. The van der Waals surface area contributed by atoms with Crippen molar-refractivity contribution in [2.75, 3.05) is 20.3 Å². The van der Waals surface area contributed by atoms with E-state index >= 15 is 0 Å². The fourth-order valence-corrected chi connectivity index (χ4v) is 0.938. The molecular weight excluding hydrogens is 172 g/mol. The fraction of sp³-hybridized carbons (Fsp3) is 0.889. The number of carbonyl (C=O) groups is 1. The highest BCUT2D eigenvalue weighted by molar-refractivity contribution is 5.77. The monoisotopic (exact) mass is 190 g/mol. The molecule has 0 amide bonds. The van der Waals surface area contributed by atoms with E-state index in [0.29, 0.717) is 13.2 Å². The van der Waals surface area contributed by atoms with E-state index in [9.17, 15) is 4.79 Å². The molecular formula is C9H18O4. The Morgan fingerprint density at radius 3 is 2.15 bits per heavy atom. The number of hydrogen-bond acceptors (Lipinski definition) is 4. The lowest BCUT2D eigenvalue weighted by atomic mass is 10.3. The summed E-state index contributed by atoms with van der Waals surface area (Å²) in [4.78, 5) is 11.0. The second-order valence-corrected chi connectivity index (χ2v) is 2.49. The molecule has 4 nitrogen and oxygen atoms in total. The van der Waals surface area contributed by atoms with Gasteiger partial charge in [0, 0.05) is 6.92 Å². The molecule has 0 aromatic rings. The number of methoxy groups -OCH3 is 1. The molecule has 0 saturated carbocycles. The van der Waals surface area contributed by atoms with Gasteiger partial charge in [-0.25, -0.2) is 4.79 Å². The Labute approximate surface area is 79.2 Å². The Hall–Kier alpha value is -0.610. The lowest BCUT2D eigenvalue weighted by Gasteiger charge is -2.30. The molecule has 1 heterocycles. The average molecular weight is 190 g/mol. The van der Waals surface area contributed by atoms with Crippen LogP contribution in [0, 0.1) is 0 Å². The minimum absolute atomic E-state index is 0.475. The molecule has 0 aromatic carbocycles. The summed E-state index contributed by atoms with van der Waals surface area (Å²) in [5.41, 5.74) is 0. The first-order valence-corrected chi connectivity index (χ1v) is 4.55. The van der Waals surface area contributed by atoms with Gasteiger partial charge in [-0.1, -0.05) is 13.8 Å². The lowest BCUT2D eigenvalue weighted by molar-refractivity contribution is -0.259. The third-order valence-electron chi connectivity index (χ3n) is 1.60. The molecule has 4 heteroatoms. The second kappa shape index (κ2) is 5.94. The standard InChI is InChI=1S/C7H12O4.C2H6/c1-7(6(8)9-2)10-4-3-5-11-7;1-2/h3-5H2,1-2H3;1-2H3. The van der Waals surface area contributed by atoms with Crippen LogP contribution >= 0.6 is 0 Å². The number of rotatable bonds is 1. The molecule has 0 unspecified atom stereocenters. The summed E-state index contributed by atoms with van der Waals surface area (Å²) in [7, 11) is 1.31. The smallest absolute Gasteiger partial charge is 0.366 e. The van der Waals surface area contributed by atoms with Crippen molar-refractivity contribution in [3.63, 3.8) is 0 Å². The Balaban J connectivity index is 0.000000671. The second-order valence-electron chi connectivity index (χ2n) is 2.49. The zero-order valence-corrected chi connectivity index (χ0v) is 8.75. The maximum Gasteiger partial charge on any atom is 0.366 e. The lowest BCUT2D eigenvalue weighted by Crippen LogP contribution is -2.45. The van der Waals surface area contributed by atoms with Gasteiger partial charge in [0.25, 0.3) is 5.79 Å². The van der Waals surface area contributed by atoms with Crippen LogP contribution in [0.25, 0.3) is 0 Å². The molecule has 0 radical (unpaired) electrons. The molecule has 0 N–H and O–H groups in total. The zero-order valence-electron chi connectivity index (χ0n) is 8.75. The molecule has 0 aliphatic carbocycles. The van der Waals surface area contributed by atoms with Crippen molar-refractivity contribution < 1.29 is 19.0 Å². The highest BCUT2D eigenvalue weighted by atomic mass is 16.7. The Morgan fingerprint density at radius 2 is 1.77 bits per heavy atom. The molecule has 1 fully saturated rings. The number of esters is 1. The number of hydrogen-bond donors (Lipinski definition) is 0. The minimum atomic E-state index is -1.17. The van der Waals surface area contributed by atoms with Crippen molar-refractivity contribution in [1.29, 1.82) is 0 Å². The maximum absolute atomic E-state index is 11.0. The van der Waals surface area contributed by atoms with Gasteiger partial charge in [0.1, 0.15) is 0 Å². The normalized spacial score (nSPS) is 19.7. The number of ether oxygens (including phenoxy) is 3. The van der Waals surface area contributed by atoms with E-state index in [0.717, 1.165) is 6.42 Å². The van der Waals surface area contributed by atoms with Crippen LogP contribution in [0.4, 0.5) is 0 Å². The van der Waals surface area contributed by atoms with Crippen LogP contribution in [-0.4, -0.2) is 32.1 Å².